The van der Waals surface area contributed by atoms with Crippen LogP contribution in [0.4, 0.5) is 0 Å². The van der Waals surface area contributed by atoms with E-state index in [1.807, 2.05) is 74.5 Å². The van der Waals surface area contributed by atoms with Crippen molar-refractivity contribution in [3.8, 4) is 11.5 Å². The van der Waals surface area contributed by atoms with Crippen LogP contribution in [0.15, 0.2) is 65.1 Å². The Morgan fingerprint density at radius 2 is 1.78 bits per heavy atom. The molecule has 5 heteroatoms. The van der Waals surface area contributed by atoms with Crippen LogP contribution in [0.3, 0.4) is 0 Å². The number of fused-ring (bicyclic) bond motifs is 1. The first-order valence-electron chi connectivity index (χ1n) is 8.85. The van der Waals surface area contributed by atoms with Gasteiger partial charge in [0.2, 0.25) is 0 Å². The third kappa shape index (κ3) is 5.23. The van der Waals surface area contributed by atoms with Crippen molar-refractivity contribution in [1.29, 1.82) is 0 Å². The zero-order valence-electron chi connectivity index (χ0n) is 15.4. The zero-order chi connectivity index (χ0) is 19.2. The maximum absolute atomic E-state index is 12.1. The van der Waals surface area contributed by atoms with Gasteiger partial charge in [0.25, 0.3) is 5.91 Å². The fourth-order valence-electron chi connectivity index (χ4n) is 2.68. The van der Waals surface area contributed by atoms with Gasteiger partial charge < -0.3 is 14.8 Å². The lowest BCUT2D eigenvalue weighted by molar-refractivity contribution is -0.123. The molecule has 0 aliphatic carbocycles. The molecule has 0 fully saturated rings. The monoisotopic (exact) mass is 427 g/mol. The maximum Gasteiger partial charge on any atom is 0.258 e. The minimum absolute atomic E-state index is 0.0362. The predicted molar refractivity (Wildman–Crippen MR) is 111 cm³/mol. The second-order valence-corrected chi connectivity index (χ2v) is 7.27. The molecule has 0 bridgehead atoms. The van der Waals surface area contributed by atoms with Crippen LogP contribution in [-0.2, 0) is 11.3 Å². The second-order valence-electron chi connectivity index (χ2n) is 6.47. The molecule has 0 aliphatic rings. The Kier molecular flexibility index (Phi) is 6.35. The van der Waals surface area contributed by atoms with Crippen LogP contribution in [0.25, 0.3) is 10.8 Å². The van der Waals surface area contributed by atoms with Crippen molar-refractivity contribution in [2.45, 2.75) is 26.5 Å². The highest BCUT2D eigenvalue weighted by atomic mass is 79.9. The van der Waals surface area contributed by atoms with Gasteiger partial charge in [0.1, 0.15) is 11.5 Å². The molecule has 0 radical (unpaired) electrons. The standard InChI is InChI=1S/C22H22BrNO3/c1-15(2)27-18-10-7-16(8-11-18)13-24-21(25)14-26-20-12-9-17-5-3-4-6-19(17)22(20)23/h3-12,15H,13-14H2,1-2H3,(H,24,25). The van der Waals surface area contributed by atoms with E-state index in [9.17, 15) is 4.79 Å². The summed E-state index contributed by atoms with van der Waals surface area (Å²) in [5.74, 6) is 1.31. The maximum atomic E-state index is 12.1. The zero-order valence-corrected chi connectivity index (χ0v) is 17.0. The van der Waals surface area contributed by atoms with Crippen LogP contribution in [0, 0.1) is 0 Å². The summed E-state index contributed by atoms with van der Waals surface area (Å²) in [6.07, 6.45) is 0.141. The van der Waals surface area contributed by atoms with Gasteiger partial charge in [0.05, 0.1) is 10.6 Å². The molecule has 0 atom stereocenters. The fraction of sp³-hybridized carbons (Fsp3) is 0.227. The summed E-state index contributed by atoms with van der Waals surface area (Å²) in [7, 11) is 0. The first-order valence-corrected chi connectivity index (χ1v) is 9.64. The molecule has 1 N–H and O–H groups in total. The number of carbonyl (C=O) groups is 1. The second kappa shape index (κ2) is 8.91. The molecule has 1 amide bonds. The molecule has 3 rings (SSSR count). The van der Waals surface area contributed by atoms with Gasteiger partial charge in [-0.05, 0) is 64.3 Å². The van der Waals surface area contributed by atoms with Gasteiger partial charge >= 0.3 is 0 Å². The number of hydrogen-bond acceptors (Lipinski definition) is 3. The largest absolute Gasteiger partial charge is 0.491 e. The molecule has 3 aromatic carbocycles. The van der Waals surface area contributed by atoms with Crippen molar-refractivity contribution in [3.63, 3.8) is 0 Å². The Balaban J connectivity index is 1.52. The van der Waals surface area contributed by atoms with Crippen molar-refractivity contribution in [2.75, 3.05) is 6.61 Å². The SMILES string of the molecule is CC(C)Oc1ccc(CNC(=O)COc2ccc3ccccc3c2Br)cc1. The molecule has 140 valence electrons. The average molecular weight is 428 g/mol. The number of carbonyl (C=O) groups excluding carboxylic acids is 1. The summed E-state index contributed by atoms with van der Waals surface area (Å²) in [4.78, 5) is 12.1. The lowest BCUT2D eigenvalue weighted by Gasteiger charge is -2.12. The highest BCUT2D eigenvalue weighted by Gasteiger charge is 2.08. The van der Waals surface area contributed by atoms with E-state index in [0.29, 0.717) is 12.3 Å². The number of benzene rings is 3. The van der Waals surface area contributed by atoms with Crippen molar-refractivity contribution in [2.24, 2.45) is 0 Å². The Hall–Kier alpha value is -2.53. The first kappa shape index (κ1) is 19.2. The number of rotatable bonds is 7. The summed E-state index contributed by atoms with van der Waals surface area (Å²) in [5, 5.41) is 5.04. The molecule has 0 aromatic heterocycles. The minimum Gasteiger partial charge on any atom is -0.491 e. The van der Waals surface area contributed by atoms with E-state index in [4.69, 9.17) is 9.47 Å². The topological polar surface area (TPSA) is 47.6 Å². The fourth-order valence-corrected chi connectivity index (χ4v) is 3.29. The number of hydrogen-bond donors (Lipinski definition) is 1. The van der Waals surface area contributed by atoms with E-state index in [2.05, 4.69) is 21.2 Å². The third-order valence-corrected chi connectivity index (χ3v) is 4.79. The molecule has 0 spiro atoms. The average Bonchev–Trinajstić information content (AvgIpc) is 2.67. The molecule has 4 nitrogen and oxygen atoms in total. The van der Waals surface area contributed by atoms with Crippen LogP contribution in [0.5, 0.6) is 11.5 Å². The van der Waals surface area contributed by atoms with Crippen molar-refractivity contribution in [3.05, 3.63) is 70.7 Å². The normalized spacial score (nSPS) is 10.8. The number of nitrogens with one attached hydrogen (secondary N) is 1. The van der Waals surface area contributed by atoms with Gasteiger partial charge in [0.15, 0.2) is 6.61 Å². The van der Waals surface area contributed by atoms with Crippen molar-refractivity contribution >= 4 is 32.6 Å². The Morgan fingerprint density at radius 3 is 2.52 bits per heavy atom. The molecule has 0 unspecified atom stereocenters. The summed E-state index contributed by atoms with van der Waals surface area (Å²) in [6.45, 7) is 4.39. The van der Waals surface area contributed by atoms with E-state index in [0.717, 1.165) is 26.6 Å². The van der Waals surface area contributed by atoms with Gasteiger partial charge in [0, 0.05) is 6.54 Å². The van der Waals surface area contributed by atoms with E-state index < -0.39 is 0 Å². The Bertz CT molecular complexity index is 922. The Labute approximate surface area is 167 Å². The van der Waals surface area contributed by atoms with Gasteiger partial charge in [-0.15, -0.1) is 0 Å². The number of amides is 1. The predicted octanol–water partition coefficient (Wildman–Crippen LogP) is 5.08. The van der Waals surface area contributed by atoms with Crippen molar-refractivity contribution in [1.82, 2.24) is 5.32 Å². The van der Waals surface area contributed by atoms with E-state index in [-0.39, 0.29) is 18.6 Å². The summed E-state index contributed by atoms with van der Waals surface area (Å²) >= 11 is 3.56. The highest BCUT2D eigenvalue weighted by molar-refractivity contribution is 9.10. The molecular formula is C22H22BrNO3. The van der Waals surface area contributed by atoms with Crippen LogP contribution in [-0.4, -0.2) is 18.6 Å². The Morgan fingerprint density at radius 1 is 1.04 bits per heavy atom. The minimum atomic E-state index is -0.169. The molecule has 27 heavy (non-hydrogen) atoms. The van der Waals surface area contributed by atoms with Crippen LogP contribution in [0.1, 0.15) is 19.4 Å². The lowest BCUT2D eigenvalue weighted by atomic mass is 10.1. The summed E-state index contributed by atoms with van der Waals surface area (Å²) in [5.41, 5.74) is 1.01. The highest BCUT2D eigenvalue weighted by Crippen LogP contribution is 2.32. The number of halogens is 1. The molecular weight excluding hydrogens is 406 g/mol. The van der Waals surface area contributed by atoms with Gasteiger partial charge in [-0.3, -0.25) is 4.79 Å². The molecule has 0 saturated carbocycles. The molecule has 3 aromatic rings. The van der Waals surface area contributed by atoms with Crippen molar-refractivity contribution < 1.29 is 14.3 Å². The smallest absolute Gasteiger partial charge is 0.258 e. The van der Waals surface area contributed by atoms with Crippen LogP contribution in [0.2, 0.25) is 0 Å². The summed E-state index contributed by atoms with van der Waals surface area (Å²) in [6, 6.07) is 19.6. The van der Waals surface area contributed by atoms with E-state index >= 15 is 0 Å². The first-order chi connectivity index (χ1) is 13.0. The lowest BCUT2D eigenvalue weighted by Crippen LogP contribution is -2.28. The summed E-state index contributed by atoms with van der Waals surface area (Å²) < 4.78 is 12.1. The van der Waals surface area contributed by atoms with E-state index in [1.165, 1.54) is 0 Å². The van der Waals surface area contributed by atoms with Crippen LogP contribution < -0.4 is 14.8 Å². The van der Waals surface area contributed by atoms with Gasteiger partial charge in [-0.2, -0.15) is 0 Å². The quantitative estimate of drug-likeness (QED) is 0.571. The number of ether oxygens (including phenoxy) is 2. The van der Waals surface area contributed by atoms with Crippen LogP contribution >= 0.6 is 15.9 Å². The third-order valence-electron chi connectivity index (χ3n) is 3.97. The molecule has 0 saturated heterocycles. The molecule has 0 heterocycles. The molecule has 0 aliphatic heterocycles. The van der Waals surface area contributed by atoms with Gasteiger partial charge in [-0.25, -0.2) is 0 Å². The van der Waals surface area contributed by atoms with Gasteiger partial charge in [-0.1, -0.05) is 42.5 Å². The van der Waals surface area contributed by atoms with E-state index in [1.54, 1.807) is 0 Å².